The standard InChI is InChI=1S/C41H56NO12/c1-4-25-26(19-33(46)47)28(36(48)51-3)20-38(14-7-8-15-38)35(25)54-40(22-45)39(50)16-13-29-27-18-30(23(2)24-10-5-6-11-24)42-34(27)31(12-9-17-43)52-41(29,37(39)49)32(21-44)53-40/h4,18,20,23-26,32,35,37,43-45,49-50H,1,5-17,19,21-22H2,2-3H3,(H,46,47)/q-1. The molecule has 54 heavy (non-hydrogen) atoms. The van der Waals surface area contributed by atoms with E-state index in [2.05, 4.69) is 13.5 Å². The number of aliphatic carboxylic acids is 1. The highest BCUT2D eigenvalue weighted by Gasteiger charge is 2.75. The number of rotatable bonds is 13. The maximum atomic E-state index is 13.2. The van der Waals surface area contributed by atoms with Crippen LogP contribution in [0.25, 0.3) is 11.3 Å². The van der Waals surface area contributed by atoms with Crippen molar-refractivity contribution in [2.75, 3.05) is 26.9 Å². The number of hydrogen-bond acceptors (Lipinski definition) is 11. The largest absolute Gasteiger partial charge is 0.658 e. The highest BCUT2D eigenvalue weighted by molar-refractivity contribution is 5.90. The van der Waals surface area contributed by atoms with Crippen molar-refractivity contribution >= 4 is 23.3 Å². The molecule has 6 N–H and O–H groups in total. The Morgan fingerprint density at radius 1 is 1.13 bits per heavy atom. The summed E-state index contributed by atoms with van der Waals surface area (Å²) in [5.74, 6) is -4.75. The van der Waals surface area contributed by atoms with Crippen molar-refractivity contribution in [1.29, 1.82) is 0 Å². The molecule has 0 aromatic carbocycles. The van der Waals surface area contributed by atoms with Gasteiger partial charge in [-0.3, -0.25) is 4.79 Å². The highest BCUT2D eigenvalue weighted by atomic mass is 16.7. The second-order valence-corrected chi connectivity index (χ2v) is 16.5. The van der Waals surface area contributed by atoms with E-state index in [1.807, 2.05) is 6.07 Å². The minimum atomic E-state index is -2.32. The van der Waals surface area contributed by atoms with E-state index in [-0.39, 0.29) is 37.4 Å². The number of aliphatic hydroxyl groups is 5. The third kappa shape index (κ3) is 5.83. The Morgan fingerprint density at radius 2 is 1.85 bits per heavy atom. The number of nitrogens with zero attached hydrogens (tertiary/aromatic N) is 1. The number of carbonyl (C=O) groups is 2. The van der Waals surface area contributed by atoms with Gasteiger partial charge in [-0.2, -0.15) is 5.69 Å². The van der Waals surface area contributed by atoms with Crippen LogP contribution >= 0.6 is 0 Å². The van der Waals surface area contributed by atoms with E-state index in [4.69, 9.17) is 23.9 Å². The molecule has 4 aliphatic carbocycles. The van der Waals surface area contributed by atoms with Crippen LogP contribution in [0.3, 0.4) is 0 Å². The Balaban J connectivity index is 1.35. The van der Waals surface area contributed by atoms with Crippen molar-refractivity contribution in [1.82, 2.24) is 4.98 Å². The van der Waals surface area contributed by atoms with Gasteiger partial charge in [0.25, 0.3) is 0 Å². The van der Waals surface area contributed by atoms with E-state index in [1.54, 1.807) is 12.2 Å². The molecule has 3 saturated carbocycles. The van der Waals surface area contributed by atoms with Gasteiger partial charge >= 0.3 is 11.9 Å². The van der Waals surface area contributed by atoms with Crippen molar-refractivity contribution in [2.24, 2.45) is 23.2 Å². The lowest BCUT2D eigenvalue weighted by Crippen LogP contribution is -2.83. The summed E-state index contributed by atoms with van der Waals surface area (Å²) in [5.41, 5.74) is -3.19. The van der Waals surface area contributed by atoms with Gasteiger partial charge in [0, 0.05) is 35.9 Å². The van der Waals surface area contributed by atoms with Gasteiger partial charge in [-0.1, -0.05) is 56.2 Å². The van der Waals surface area contributed by atoms with Crippen LogP contribution in [0, 0.1) is 23.2 Å². The van der Waals surface area contributed by atoms with Crippen molar-refractivity contribution in [3.05, 3.63) is 46.6 Å². The molecule has 2 bridgehead atoms. The van der Waals surface area contributed by atoms with Gasteiger partial charge in [0.15, 0.2) is 11.2 Å². The number of carbonyl (C=O) groups excluding carboxylic acids is 1. The third-order valence-corrected chi connectivity index (χ3v) is 13.9. The number of esters is 1. The van der Waals surface area contributed by atoms with Gasteiger partial charge in [-0.15, -0.1) is 6.58 Å². The second-order valence-electron chi connectivity index (χ2n) is 16.5. The molecule has 9 unspecified atom stereocenters. The van der Waals surface area contributed by atoms with E-state index in [0.29, 0.717) is 41.9 Å². The van der Waals surface area contributed by atoms with Crippen LogP contribution in [-0.2, 0) is 28.5 Å². The number of aromatic nitrogens is 1. The number of fused-ring (bicyclic) bond motifs is 2. The minimum Gasteiger partial charge on any atom is -0.658 e. The summed E-state index contributed by atoms with van der Waals surface area (Å²) in [4.78, 5) is 30.4. The summed E-state index contributed by atoms with van der Waals surface area (Å²) in [7, 11) is 1.24. The van der Waals surface area contributed by atoms with Gasteiger partial charge in [-0.25, -0.2) is 4.79 Å². The fourth-order valence-corrected chi connectivity index (χ4v) is 11.1. The molecule has 0 radical (unpaired) electrons. The lowest BCUT2D eigenvalue weighted by Gasteiger charge is -2.65. The average Bonchev–Trinajstić information content (AvgIpc) is 3.96. The third-order valence-electron chi connectivity index (χ3n) is 13.9. The Kier molecular flexibility index (Phi) is 10.7. The van der Waals surface area contributed by atoms with Gasteiger partial charge in [0.1, 0.15) is 18.8 Å². The number of aliphatic hydroxyl groups excluding tert-OH is 4. The fraction of sp³-hybridized carbons (Fsp3) is 0.707. The number of methoxy groups -OCH3 is 1. The molecule has 7 rings (SSSR count). The summed E-state index contributed by atoms with van der Waals surface area (Å²) in [5, 5.41) is 69.2. The van der Waals surface area contributed by atoms with Crippen LogP contribution in [0.5, 0.6) is 0 Å². The zero-order valence-corrected chi connectivity index (χ0v) is 31.4. The number of carboxylic acid groups (broad SMARTS) is 1. The quantitative estimate of drug-likeness (QED) is 0.125. The molecule has 4 fully saturated rings. The SMILES string of the molecule is C=CC1C(CC(=O)O)C(C(=O)OC)=CC2(CCCC2)C1OC1(CO)OC(CO)C23OC(CCCO)=c4[n-]c(C(C)C5CCCC5)cc4=C2CCC1(O)C3O. The first-order valence-corrected chi connectivity index (χ1v) is 19.7. The average molecular weight is 755 g/mol. The summed E-state index contributed by atoms with van der Waals surface area (Å²) >= 11 is 0. The Bertz CT molecular complexity index is 1770. The summed E-state index contributed by atoms with van der Waals surface area (Å²) in [6.07, 6.45) is 6.73. The highest BCUT2D eigenvalue weighted by Crippen LogP contribution is 2.60. The topological polar surface area (TPSA) is 207 Å². The number of hydrogen-bond donors (Lipinski definition) is 6. The zero-order chi connectivity index (χ0) is 38.6. The maximum Gasteiger partial charge on any atom is 0.333 e. The predicted molar refractivity (Wildman–Crippen MR) is 194 cm³/mol. The summed E-state index contributed by atoms with van der Waals surface area (Å²) in [6.45, 7) is 4.48. The van der Waals surface area contributed by atoms with Crippen molar-refractivity contribution in [3.8, 4) is 0 Å². The molecule has 3 heterocycles. The molecule has 13 nitrogen and oxygen atoms in total. The van der Waals surface area contributed by atoms with Gasteiger partial charge in [-0.05, 0) is 67.6 Å². The van der Waals surface area contributed by atoms with Crippen LogP contribution in [-0.4, -0.2) is 105 Å². The minimum absolute atomic E-state index is 0.113. The lowest BCUT2D eigenvalue weighted by atomic mass is 9.60. The van der Waals surface area contributed by atoms with E-state index < -0.39 is 84.1 Å². The van der Waals surface area contributed by atoms with Crippen LogP contribution < -0.4 is 15.6 Å². The van der Waals surface area contributed by atoms with E-state index in [9.17, 15) is 40.2 Å². The molecule has 9 atom stereocenters. The van der Waals surface area contributed by atoms with Crippen molar-refractivity contribution < 1.29 is 59.2 Å². The maximum absolute atomic E-state index is 13.2. The smallest absolute Gasteiger partial charge is 0.333 e. The number of ether oxygens (including phenoxy) is 4. The van der Waals surface area contributed by atoms with E-state index in [0.717, 1.165) is 36.6 Å². The normalized spacial score (nSPS) is 36.3. The summed E-state index contributed by atoms with van der Waals surface area (Å²) < 4.78 is 25.5. The molecule has 1 aromatic heterocycles. The monoisotopic (exact) mass is 754 g/mol. The van der Waals surface area contributed by atoms with Crippen molar-refractivity contribution in [2.45, 2.75) is 132 Å². The molecule has 13 heteroatoms. The predicted octanol–water partition coefficient (Wildman–Crippen LogP) is 1.66. The van der Waals surface area contributed by atoms with E-state index in [1.165, 1.54) is 20.0 Å². The first-order chi connectivity index (χ1) is 25.9. The summed E-state index contributed by atoms with van der Waals surface area (Å²) in [6, 6.07) is 2.04. The molecular weight excluding hydrogens is 698 g/mol. The second kappa shape index (κ2) is 14.8. The first-order valence-electron chi connectivity index (χ1n) is 19.7. The van der Waals surface area contributed by atoms with Gasteiger partial charge in [0.2, 0.25) is 5.79 Å². The van der Waals surface area contributed by atoms with Crippen LogP contribution in [0.1, 0.15) is 102 Å². The van der Waals surface area contributed by atoms with Crippen LogP contribution in [0.15, 0.2) is 30.4 Å². The van der Waals surface area contributed by atoms with E-state index >= 15 is 0 Å². The molecular formula is C41H56NO12-. The van der Waals surface area contributed by atoms with Gasteiger partial charge < -0.3 is 54.6 Å². The number of carboxylic acids is 1. The fourth-order valence-electron chi connectivity index (χ4n) is 11.1. The molecule has 298 valence electrons. The zero-order valence-electron chi connectivity index (χ0n) is 31.4. The Hall–Kier alpha value is -3.04. The van der Waals surface area contributed by atoms with Crippen LogP contribution in [0.4, 0.5) is 0 Å². The molecule has 6 aliphatic rings. The van der Waals surface area contributed by atoms with Gasteiger partial charge in [0.05, 0.1) is 32.0 Å². The molecule has 1 saturated heterocycles. The lowest BCUT2D eigenvalue weighted by molar-refractivity contribution is -0.439. The molecule has 1 aromatic rings. The van der Waals surface area contributed by atoms with Crippen molar-refractivity contribution in [3.63, 3.8) is 0 Å². The molecule has 0 amide bonds. The van der Waals surface area contributed by atoms with Crippen LogP contribution in [0.2, 0.25) is 0 Å². The molecule has 2 aliphatic heterocycles. The molecule has 2 spiro atoms. The first kappa shape index (κ1) is 39.2. The Morgan fingerprint density at radius 3 is 2.46 bits per heavy atom. The Labute approximate surface area is 315 Å².